The highest BCUT2D eigenvalue weighted by Gasteiger charge is 2.25. The molecule has 1 aromatic heterocycles. The highest BCUT2D eigenvalue weighted by molar-refractivity contribution is 6.33. The van der Waals surface area contributed by atoms with Crippen molar-refractivity contribution in [3.8, 4) is 0 Å². The molecule has 0 bridgehead atoms. The molecule has 1 aliphatic rings. The molecule has 5 nitrogen and oxygen atoms in total. The van der Waals surface area contributed by atoms with E-state index in [1.165, 1.54) is 13.3 Å². The van der Waals surface area contributed by atoms with Gasteiger partial charge in [-0.25, -0.2) is 4.79 Å². The number of halogens is 2. The summed E-state index contributed by atoms with van der Waals surface area (Å²) in [5.41, 5.74) is 0.341. The largest absolute Gasteiger partial charge is 0.464 e. The lowest BCUT2D eigenvalue weighted by atomic mass is 10.2. The van der Waals surface area contributed by atoms with Gasteiger partial charge in [0.25, 0.3) is 0 Å². The normalized spacial score (nSPS) is 19.2. The van der Waals surface area contributed by atoms with Crippen molar-refractivity contribution in [3.63, 3.8) is 0 Å². The van der Waals surface area contributed by atoms with Gasteiger partial charge in [-0.3, -0.25) is 4.68 Å². The minimum Gasteiger partial charge on any atom is -0.464 e. The summed E-state index contributed by atoms with van der Waals surface area (Å²) in [4.78, 5) is 11.5. The van der Waals surface area contributed by atoms with Gasteiger partial charge in [-0.2, -0.15) is 5.10 Å². The number of carbonyl (C=O) groups is 1. The van der Waals surface area contributed by atoms with E-state index in [4.69, 9.17) is 11.6 Å². The molecular weight excluding hydrogens is 253 g/mol. The van der Waals surface area contributed by atoms with Gasteiger partial charge in [-0.05, 0) is 13.0 Å². The molecule has 1 aromatic rings. The first-order valence-corrected chi connectivity index (χ1v) is 5.14. The lowest BCUT2D eigenvalue weighted by Crippen LogP contribution is -2.19. The Hall–Kier alpha value is -0.780. The van der Waals surface area contributed by atoms with Crippen LogP contribution >= 0.6 is 24.0 Å². The number of nitrogens with zero attached hydrogens (tertiary/aromatic N) is 2. The molecule has 0 aromatic carbocycles. The van der Waals surface area contributed by atoms with Gasteiger partial charge >= 0.3 is 5.97 Å². The second kappa shape index (κ2) is 5.52. The fraction of sp³-hybridized carbons (Fsp3) is 0.556. The number of nitrogens with one attached hydrogen (secondary N) is 1. The number of ether oxygens (including phenoxy) is 1. The molecule has 0 radical (unpaired) electrons. The predicted molar refractivity (Wildman–Crippen MR) is 62.3 cm³/mol. The van der Waals surface area contributed by atoms with Crippen LogP contribution in [-0.2, 0) is 4.74 Å². The summed E-state index contributed by atoms with van der Waals surface area (Å²) in [5, 5.41) is 7.66. The summed E-state index contributed by atoms with van der Waals surface area (Å²) in [5.74, 6) is -0.440. The van der Waals surface area contributed by atoms with Gasteiger partial charge in [-0.15, -0.1) is 12.4 Å². The van der Waals surface area contributed by atoms with E-state index >= 15 is 0 Å². The third-order valence-electron chi connectivity index (χ3n) is 2.51. The lowest BCUT2D eigenvalue weighted by molar-refractivity contribution is 0.0584. The average molecular weight is 266 g/mol. The summed E-state index contributed by atoms with van der Waals surface area (Å²) < 4.78 is 6.32. The van der Waals surface area contributed by atoms with Gasteiger partial charge in [0.2, 0.25) is 0 Å². The van der Waals surface area contributed by atoms with Crippen LogP contribution in [-0.4, -0.2) is 35.9 Å². The van der Waals surface area contributed by atoms with Gasteiger partial charge in [-0.1, -0.05) is 11.6 Å². The van der Waals surface area contributed by atoms with Crippen molar-refractivity contribution in [3.05, 3.63) is 16.9 Å². The van der Waals surface area contributed by atoms with Crippen LogP contribution in [0.15, 0.2) is 6.20 Å². The van der Waals surface area contributed by atoms with Gasteiger partial charge in [0, 0.05) is 6.54 Å². The summed E-state index contributed by atoms with van der Waals surface area (Å²) in [6.45, 7) is 1.74. The van der Waals surface area contributed by atoms with Gasteiger partial charge in [0.05, 0.1) is 24.4 Å². The second-order valence-electron chi connectivity index (χ2n) is 3.42. The van der Waals surface area contributed by atoms with Crippen molar-refractivity contribution < 1.29 is 9.53 Å². The Kier molecular flexibility index (Phi) is 4.58. The van der Waals surface area contributed by atoms with Gasteiger partial charge in [0.1, 0.15) is 0 Å². The highest BCUT2D eigenvalue weighted by Crippen LogP contribution is 2.23. The number of hydrogen-bond donors (Lipinski definition) is 1. The van der Waals surface area contributed by atoms with E-state index < -0.39 is 5.97 Å². The van der Waals surface area contributed by atoms with Crippen LogP contribution in [0, 0.1) is 0 Å². The minimum absolute atomic E-state index is 0. The molecule has 1 fully saturated rings. The van der Waals surface area contributed by atoms with Crippen LogP contribution in [0.4, 0.5) is 0 Å². The minimum atomic E-state index is -0.440. The SMILES string of the molecule is COC(=O)c1c(Cl)cnn1[C@H]1CCNC1.Cl. The summed E-state index contributed by atoms with van der Waals surface area (Å²) in [6.07, 6.45) is 2.42. The van der Waals surface area contributed by atoms with Crippen LogP contribution in [0.3, 0.4) is 0 Å². The number of carbonyl (C=O) groups excluding carboxylic acids is 1. The maximum Gasteiger partial charge on any atom is 0.357 e. The Morgan fingerprint density at radius 2 is 2.50 bits per heavy atom. The molecule has 90 valence electrons. The molecule has 1 atom stereocenters. The van der Waals surface area contributed by atoms with Crippen LogP contribution < -0.4 is 5.32 Å². The Morgan fingerprint density at radius 3 is 3.06 bits per heavy atom. The number of esters is 1. The zero-order valence-electron chi connectivity index (χ0n) is 8.77. The van der Waals surface area contributed by atoms with E-state index in [0.29, 0.717) is 10.7 Å². The van der Waals surface area contributed by atoms with Crippen molar-refractivity contribution in [2.24, 2.45) is 0 Å². The Bertz CT molecular complexity index is 375. The average Bonchev–Trinajstić information content (AvgIpc) is 2.85. The number of hydrogen-bond acceptors (Lipinski definition) is 4. The zero-order valence-corrected chi connectivity index (χ0v) is 10.3. The quantitative estimate of drug-likeness (QED) is 0.819. The van der Waals surface area contributed by atoms with E-state index in [1.807, 2.05) is 0 Å². The van der Waals surface area contributed by atoms with Gasteiger partial charge < -0.3 is 10.1 Å². The molecule has 1 aliphatic heterocycles. The van der Waals surface area contributed by atoms with E-state index in [-0.39, 0.29) is 18.4 Å². The van der Waals surface area contributed by atoms with Crippen molar-refractivity contribution in [1.82, 2.24) is 15.1 Å². The lowest BCUT2D eigenvalue weighted by Gasteiger charge is -2.12. The predicted octanol–water partition coefficient (Wildman–Crippen LogP) is 1.28. The van der Waals surface area contributed by atoms with E-state index in [2.05, 4.69) is 15.2 Å². The molecular formula is C9H13Cl2N3O2. The first-order valence-electron chi connectivity index (χ1n) is 4.76. The molecule has 0 unspecified atom stereocenters. The first-order chi connectivity index (χ1) is 7.24. The van der Waals surface area contributed by atoms with Crippen molar-refractivity contribution >= 4 is 30.0 Å². The monoisotopic (exact) mass is 265 g/mol. The number of methoxy groups -OCH3 is 1. The number of rotatable bonds is 2. The molecule has 1 N–H and O–H groups in total. The zero-order chi connectivity index (χ0) is 10.8. The standard InChI is InChI=1S/C9H12ClN3O2.ClH/c1-15-9(14)8-7(10)5-12-13(8)6-2-3-11-4-6;/h5-6,11H,2-4H2,1H3;1H/t6-;/m0./s1. The highest BCUT2D eigenvalue weighted by atomic mass is 35.5. The second-order valence-corrected chi connectivity index (χ2v) is 3.83. The maximum atomic E-state index is 11.5. The van der Waals surface area contributed by atoms with Crippen molar-refractivity contribution in [2.45, 2.75) is 12.5 Å². The van der Waals surface area contributed by atoms with Crippen LogP contribution in [0.25, 0.3) is 0 Å². The molecule has 0 amide bonds. The molecule has 2 heterocycles. The Balaban J connectivity index is 0.00000128. The molecule has 0 saturated carbocycles. The molecule has 2 rings (SSSR count). The summed E-state index contributed by atoms with van der Waals surface area (Å²) >= 11 is 5.89. The van der Waals surface area contributed by atoms with Crippen LogP contribution in [0.2, 0.25) is 5.02 Å². The smallest absolute Gasteiger partial charge is 0.357 e. The first kappa shape index (κ1) is 13.3. The summed E-state index contributed by atoms with van der Waals surface area (Å²) in [7, 11) is 1.34. The van der Waals surface area contributed by atoms with Crippen molar-refractivity contribution in [1.29, 1.82) is 0 Å². The topological polar surface area (TPSA) is 56.1 Å². The summed E-state index contributed by atoms with van der Waals surface area (Å²) in [6, 6.07) is 0.187. The van der Waals surface area contributed by atoms with Crippen LogP contribution in [0.5, 0.6) is 0 Å². The molecule has 7 heteroatoms. The number of aromatic nitrogens is 2. The third-order valence-corrected chi connectivity index (χ3v) is 2.79. The van der Waals surface area contributed by atoms with Gasteiger partial charge in [0.15, 0.2) is 5.69 Å². The fourth-order valence-electron chi connectivity index (χ4n) is 1.75. The van der Waals surface area contributed by atoms with E-state index in [9.17, 15) is 4.79 Å². The molecule has 0 aliphatic carbocycles. The Labute approximate surface area is 105 Å². The molecule has 0 spiro atoms. The maximum absolute atomic E-state index is 11.5. The third kappa shape index (κ3) is 2.31. The van der Waals surface area contributed by atoms with E-state index in [0.717, 1.165) is 19.5 Å². The Morgan fingerprint density at radius 1 is 1.75 bits per heavy atom. The van der Waals surface area contributed by atoms with E-state index in [1.54, 1.807) is 4.68 Å². The fourth-order valence-corrected chi connectivity index (χ4v) is 1.96. The molecule has 16 heavy (non-hydrogen) atoms. The molecule has 1 saturated heterocycles. The van der Waals surface area contributed by atoms with Crippen LogP contribution in [0.1, 0.15) is 23.0 Å². The van der Waals surface area contributed by atoms with Crippen molar-refractivity contribution in [2.75, 3.05) is 20.2 Å².